The second kappa shape index (κ2) is 5.29. The molecule has 1 amide bonds. The van der Waals surface area contributed by atoms with Crippen molar-refractivity contribution in [2.24, 2.45) is 10.8 Å². The van der Waals surface area contributed by atoms with Crippen LogP contribution >= 0.6 is 0 Å². The molecule has 0 radical (unpaired) electrons. The zero-order valence-corrected chi connectivity index (χ0v) is 11.9. The SMILES string of the molecule is CCC1(C(=O)NC(C(=O)O)C(C)(C)C)CCCC1. The normalized spacial score (nSPS) is 20.4. The molecule has 1 fully saturated rings. The third-order valence-electron chi connectivity index (χ3n) is 4.11. The monoisotopic (exact) mass is 255 g/mol. The van der Waals surface area contributed by atoms with Gasteiger partial charge in [-0.25, -0.2) is 4.79 Å². The molecule has 0 aromatic heterocycles. The van der Waals surface area contributed by atoms with E-state index in [0.717, 1.165) is 32.1 Å². The predicted molar refractivity (Wildman–Crippen MR) is 70.2 cm³/mol. The van der Waals surface area contributed by atoms with Crippen LogP contribution in [0.3, 0.4) is 0 Å². The largest absolute Gasteiger partial charge is 0.480 e. The highest BCUT2D eigenvalue weighted by molar-refractivity contribution is 5.88. The summed E-state index contributed by atoms with van der Waals surface area (Å²) in [5.74, 6) is -1.04. The van der Waals surface area contributed by atoms with E-state index in [9.17, 15) is 14.7 Å². The topological polar surface area (TPSA) is 66.4 Å². The van der Waals surface area contributed by atoms with E-state index in [2.05, 4.69) is 5.32 Å². The van der Waals surface area contributed by atoms with Crippen molar-refractivity contribution in [2.45, 2.75) is 65.8 Å². The van der Waals surface area contributed by atoms with Gasteiger partial charge in [-0.15, -0.1) is 0 Å². The van der Waals surface area contributed by atoms with Crippen molar-refractivity contribution < 1.29 is 14.7 Å². The van der Waals surface area contributed by atoms with Gasteiger partial charge in [0.15, 0.2) is 0 Å². The third kappa shape index (κ3) is 3.03. The minimum atomic E-state index is -0.958. The van der Waals surface area contributed by atoms with E-state index in [0.29, 0.717) is 0 Å². The van der Waals surface area contributed by atoms with Crippen LogP contribution in [0.25, 0.3) is 0 Å². The maximum absolute atomic E-state index is 12.4. The van der Waals surface area contributed by atoms with Gasteiger partial charge in [0.05, 0.1) is 0 Å². The third-order valence-corrected chi connectivity index (χ3v) is 4.11. The average Bonchev–Trinajstić information content (AvgIpc) is 2.73. The lowest BCUT2D eigenvalue weighted by Gasteiger charge is -2.33. The minimum Gasteiger partial charge on any atom is -0.480 e. The van der Waals surface area contributed by atoms with Gasteiger partial charge in [-0.2, -0.15) is 0 Å². The maximum atomic E-state index is 12.4. The highest BCUT2D eigenvalue weighted by Crippen LogP contribution is 2.41. The number of carbonyl (C=O) groups excluding carboxylic acids is 1. The molecular weight excluding hydrogens is 230 g/mol. The van der Waals surface area contributed by atoms with Crippen LogP contribution in [-0.2, 0) is 9.59 Å². The van der Waals surface area contributed by atoms with Crippen LogP contribution in [0.5, 0.6) is 0 Å². The molecule has 0 heterocycles. The van der Waals surface area contributed by atoms with E-state index in [-0.39, 0.29) is 11.3 Å². The predicted octanol–water partition coefficient (Wildman–Crippen LogP) is 2.57. The lowest BCUT2D eigenvalue weighted by molar-refractivity contribution is -0.147. The lowest BCUT2D eigenvalue weighted by Crippen LogP contribution is -2.53. The van der Waals surface area contributed by atoms with Gasteiger partial charge < -0.3 is 10.4 Å². The molecule has 1 saturated carbocycles. The second-order valence-corrected chi connectivity index (χ2v) is 6.45. The molecule has 1 aliphatic rings. The Kier molecular flexibility index (Phi) is 4.41. The van der Waals surface area contributed by atoms with E-state index >= 15 is 0 Å². The number of hydrogen-bond acceptors (Lipinski definition) is 2. The van der Waals surface area contributed by atoms with Crippen LogP contribution in [0.15, 0.2) is 0 Å². The van der Waals surface area contributed by atoms with E-state index in [1.54, 1.807) is 0 Å². The first-order valence-corrected chi connectivity index (χ1v) is 6.77. The number of amides is 1. The highest BCUT2D eigenvalue weighted by Gasteiger charge is 2.42. The molecule has 0 bridgehead atoms. The molecule has 1 aliphatic carbocycles. The molecule has 1 rings (SSSR count). The Labute approximate surface area is 109 Å². The molecule has 1 atom stereocenters. The van der Waals surface area contributed by atoms with Crippen LogP contribution in [-0.4, -0.2) is 23.0 Å². The Morgan fingerprint density at radius 2 is 1.78 bits per heavy atom. The van der Waals surface area contributed by atoms with Gasteiger partial charge in [0, 0.05) is 5.41 Å². The summed E-state index contributed by atoms with van der Waals surface area (Å²) in [5.41, 5.74) is -0.812. The quantitative estimate of drug-likeness (QED) is 0.811. The molecule has 104 valence electrons. The second-order valence-electron chi connectivity index (χ2n) is 6.45. The summed E-state index contributed by atoms with van der Waals surface area (Å²) in [6.07, 6.45) is 4.68. The molecule has 0 aromatic rings. The summed E-state index contributed by atoms with van der Waals surface area (Å²) in [7, 11) is 0. The number of carboxylic acids is 1. The molecule has 1 unspecified atom stereocenters. The Hall–Kier alpha value is -1.06. The summed E-state index contributed by atoms with van der Waals surface area (Å²) < 4.78 is 0. The Morgan fingerprint density at radius 3 is 2.11 bits per heavy atom. The van der Waals surface area contributed by atoms with Gasteiger partial charge in [-0.05, 0) is 24.7 Å². The molecule has 0 saturated heterocycles. The first-order chi connectivity index (χ1) is 8.23. The zero-order chi connectivity index (χ0) is 14.0. The fourth-order valence-electron chi connectivity index (χ4n) is 2.73. The van der Waals surface area contributed by atoms with Crippen LogP contribution < -0.4 is 5.32 Å². The fraction of sp³-hybridized carbons (Fsp3) is 0.857. The van der Waals surface area contributed by atoms with E-state index in [4.69, 9.17) is 0 Å². The summed E-state index contributed by atoms with van der Waals surface area (Å²) in [5, 5.41) is 12.0. The van der Waals surface area contributed by atoms with Crippen molar-refractivity contribution in [1.82, 2.24) is 5.32 Å². The summed E-state index contributed by atoms with van der Waals surface area (Å²) in [6.45, 7) is 7.51. The highest BCUT2D eigenvalue weighted by atomic mass is 16.4. The van der Waals surface area contributed by atoms with Crippen LogP contribution in [0.1, 0.15) is 59.8 Å². The first-order valence-electron chi connectivity index (χ1n) is 6.77. The van der Waals surface area contributed by atoms with Crippen molar-refractivity contribution >= 4 is 11.9 Å². The van der Waals surface area contributed by atoms with Gasteiger partial charge in [0.2, 0.25) is 5.91 Å². The number of carboxylic acid groups (broad SMARTS) is 1. The standard InChI is InChI=1S/C14H25NO3/c1-5-14(8-6-7-9-14)12(18)15-10(11(16)17)13(2,3)4/h10H,5-9H2,1-4H3,(H,15,18)(H,16,17). The minimum absolute atomic E-state index is 0.0789. The van der Waals surface area contributed by atoms with Crippen LogP contribution in [0.4, 0.5) is 0 Å². The number of aliphatic carboxylic acids is 1. The van der Waals surface area contributed by atoms with Crippen LogP contribution in [0, 0.1) is 10.8 Å². The maximum Gasteiger partial charge on any atom is 0.326 e. The zero-order valence-electron chi connectivity index (χ0n) is 11.9. The smallest absolute Gasteiger partial charge is 0.326 e. The molecule has 0 spiro atoms. The van der Waals surface area contributed by atoms with Crippen molar-refractivity contribution in [2.75, 3.05) is 0 Å². The van der Waals surface area contributed by atoms with Crippen molar-refractivity contribution in [3.63, 3.8) is 0 Å². The first kappa shape index (κ1) is 15.0. The molecule has 0 aromatic carbocycles. The van der Waals surface area contributed by atoms with Crippen molar-refractivity contribution in [1.29, 1.82) is 0 Å². The van der Waals surface area contributed by atoms with E-state index in [1.807, 2.05) is 27.7 Å². The Balaban J connectivity index is 2.81. The number of nitrogens with one attached hydrogen (secondary N) is 1. The molecular formula is C14H25NO3. The van der Waals surface area contributed by atoms with Gasteiger partial charge in [-0.3, -0.25) is 4.79 Å². The molecule has 4 nitrogen and oxygen atoms in total. The molecule has 18 heavy (non-hydrogen) atoms. The van der Waals surface area contributed by atoms with Crippen molar-refractivity contribution in [3.05, 3.63) is 0 Å². The van der Waals surface area contributed by atoms with E-state index < -0.39 is 17.4 Å². The van der Waals surface area contributed by atoms with Gasteiger partial charge >= 0.3 is 5.97 Å². The Morgan fingerprint density at radius 1 is 1.28 bits per heavy atom. The summed E-state index contributed by atoms with van der Waals surface area (Å²) in [4.78, 5) is 23.7. The van der Waals surface area contributed by atoms with Gasteiger partial charge in [-0.1, -0.05) is 40.5 Å². The fourth-order valence-corrected chi connectivity index (χ4v) is 2.73. The average molecular weight is 255 g/mol. The van der Waals surface area contributed by atoms with Gasteiger partial charge in [0.25, 0.3) is 0 Å². The summed E-state index contributed by atoms with van der Waals surface area (Å²) in [6, 6.07) is -0.825. The van der Waals surface area contributed by atoms with E-state index in [1.165, 1.54) is 0 Å². The Bertz CT molecular complexity index is 324. The molecule has 0 aliphatic heterocycles. The molecule has 4 heteroatoms. The molecule has 2 N–H and O–H groups in total. The lowest BCUT2D eigenvalue weighted by atomic mass is 9.80. The van der Waals surface area contributed by atoms with Gasteiger partial charge in [0.1, 0.15) is 6.04 Å². The summed E-state index contributed by atoms with van der Waals surface area (Å²) >= 11 is 0. The van der Waals surface area contributed by atoms with Crippen molar-refractivity contribution in [3.8, 4) is 0 Å². The number of hydrogen-bond donors (Lipinski definition) is 2. The number of carbonyl (C=O) groups is 2. The van der Waals surface area contributed by atoms with Crippen LogP contribution in [0.2, 0.25) is 0 Å². The number of rotatable bonds is 4.